The molecule has 1 heterocycles. The molecule has 30 heavy (non-hydrogen) atoms. The maximum atomic E-state index is 12.4. The zero-order valence-corrected chi connectivity index (χ0v) is 18.4. The Hall–Kier alpha value is -1.99. The Morgan fingerprint density at radius 3 is 2.80 bits per heavy atom. The second-order valence-electron chi connectivity index (χ2n) is 8.52. The lowest BCUT2D eigenvalue weighted by Crippen LogP contribution is -2.32. The van der Waals surface area contributed by atoms with Gasteiger partial charge in [-0.2, -0.15) is 0 Å². The first-order valence-electron chi connectivity index (χ1n) is 10.5. The molecule has 1 saturated carbocycles. The van der Waals surface area contributed by atoms with E-state index in [1.165, 1.54) is 11.1 Å². The summed E-state index contributed by atoms with van der Waals surface area (Å²) in [5.74, 6) is 6.80. The zero-order valence-electron chi connectivity index (χ0n) is 16.9. The molecule has 2 aliphatic carbocycles. The van der Waals surface area contributed by atoms with Gasteiger partial charge in [0.2, 0.25) is 0 Å². The number of piperidine rings is 1. The Kier molecular flexibility index (Phi) is 5.06. The number of carbonyl (C=O) groups excluding carboxylic acids is 1. The van der Waals surface area contributed by atoms with Gasteiger partial charge < -0.3 is 4.74 Å². The van der Waals surface area contributed by atoms with Gasteiger partial charge in [0.1, 0.15) is 0 Å². The predicted molar refractivity (Wildman–Crippen MR) is 119 cm³/mol. The van der Waals surface area contributed by atoms with E-state index in [0.29, 0.717) is 34.2 Å². The number of ether oxygens (including phenoxy) is 1. The van der Waals surface area contributed by atoms with Crippen molar-refractivity contribution in [2.45, 2.75) is 32.2 Å². The molecule has 3 aliphatic rings. The van der Waals surface area contributed by atoms with Crippen LogP contribution in [0.5, 0.6) is 0 Å². The molecule has 0 spiro atoms. The Balaban J connectivity index is 1.34. The van der Waals surface area contributed by atoms with Crippen LogP contribution in [-0.2, 0) is 16.0 Å². The summed E-state index contributed by atoms with van der Waals surface area (Å²) in [7, 11) is 0. The van der Waals surface area contributed by atoms with Crippen molar-refractivity contribution in [1.29, 1.82) is 0 Å². The van der Waals surface area contributed by atoms with E-state index >= 15 is 0 Å². The van der Waals surface area contributed by atoms with E-state index in [2.05, 4.69) is 34.9 Å². The van der Waals surface area contributed by atoms with Crippen LogP contribution in [0.25, 0.3) is 0 Å². The van der Waals surface area contributed by atoms with Crippen LogP contribution in [-0.4, -0.2) is 30.6 Å². The molecular formula is C25H23Cl2NO2. The Morgan fingerprint density at radius 2 is 2.03 bits per heavy atom. The largest absolute Gasteiger partial charge is 0.466 e. The average molecular weight is 440 g/mol. The van der Waals surface area contributed by atoms with Crippen LogP contribution in [0.2, 0.25) is 10.0 Å². The minimum absolute atomic E-state index is 0.000392. The minimum atomic E-state index is -0.238. The van der Waals surface area contributed by atoms with Crippen LogP contribution >= 0.6 is 23.2 Å². The second kappa shape index (κ2) is 7.61. The standard InChI is InChI=1S/C25H23Cl2NO2/c1-2-30-24(29)25-13-18(25)14-28(15-25)23-11-8-17-12-16(6-9-19(17)23)7-10-20-21(26)4-3-5-22(20)27/h3-6,9,12,18,23H,2,8,11,13-15H2,1H3/t18-,23?,25-/m0/s1. The molecule has 3 atom stereocenters. The number of carbonyl (C=O) groups is 1. The maximum Gasteiger partial charge on any atom is 0.313 e. The highest BCUT2D eigenvalue weighted by molar-refractivity contribution is 6.36. The summed E-state index contributed by atoms with van der Waals surface area (Å²) >= 11 is 12.4. The van der Waals surface area contributed by atoms with Crippen molar-refractivity contribution in [2.24, 2.45) is 11.3 Å². The minimum Gasteiger partial charge on any atom is -0.466 e. The number of likely N-dealkylation sites (tertiary alicyclic amines) is 1. The van der Waals surface area contributed by atoms with Gasteiger partial charge in [0.25, 0.3) is 0 Å². The molecule has 2 aromatic carbocycles. The molecule has 5 rings (SSSR count). The zero-order chi connectivity index (χ0) is 20.9. The summed E-state index contributed by atoms with van der Waals surface area (Å²) in [6.45, 7) is 4.16. The number of hydrogen-bond donors (Lipinski definition) is 0. The lowest BCUT2D eigenvalue weighted by molar-refractivity contribution is -0.150. The van der Waals surface area contributed by atoms with E-state index in [0.717, 1.165) is 37.9 Å². The topological polar surface area (TPSA) is 29.5 Å². The highest BCUT2D eigenvalue weighted by Crippen LogP contribution is 2.60. The average Bonchev–Trinajstić information content (AvgIpc) is 3.08. The van der Waals surface area contributed by atoms with Crippen LogP contribution < -0.4 is 0 Å². The Morgan fingerprint density at radius 1 is 1.23 bits per heavy atom. The summed E-state index contributed by atoms with van der Waals surface area (Å²) < 4.78 is 5.35. The fourth-order valence-corrected chi connectivity index (χ4v) is 5.65. The van der Waals surface area contributed by atoms with Crippen molar-refractivity contribution in [3.63, 3.8) is 0 Å². The van der Waals surface area contributed by atoms with Crippen molar-refractivity contribution in [2.75, 3.05) is 19.7 Å². The van der Waals surface area contributed by atoms with Gasteiger partial charge in [0.15, 0.2) is 0 Å². The molecule has 1 saturated heterocycles. The number of nitrogens with zero attached hydrogens (tertiary/aromatic N) is 1. The van der Waals surface area contributed by atoms with Gasteiger partial charge in [-0.15, -0.1) is 0 Å². The van der Waals surface area contributed by atoms with E-state index in [-0.39, 0.29) is 11.4 Å². The number of aryl methyl sites for hydroxylation is 1. The smallest absolute Gasteiger partial charge is 0.313 e. The third-order valence-corrected chi connectivity index (χ3v) is 7.41. The summed E-state index contributed by atoms with van der Waals surface area (Å²) in [6, 6.07) is 12.3. The molecule has 0 aromatic heterocycles. The molecule has 5 heteroatoms. The van der Waals surface area contributed by atoms with Gasteiger partial charge in [0, 0.05) is 24.7 Å². The molecule has 1 unspecified atom stereocenters. The summed E-state index contributed by atoms with van der Waals surface area (Å²) in [5, 5.41) is 1.14. The third-order valence-electron chi connectivity index (χ3n) is 6.78. The number of halogens is 2. The van der Waals surface area contributed by atoms with Gasteiger partial charge in [-0.3, -0.25) is 9.69 Å². The SMILES string of the molecule is CCOC(=O)[C@]12C[C@H]1CN(C1CCc3cc(C#Cc4c(Cl)cccc4Cl)ccc31)C2. The molecule has 1 aliphatic heterocycles. The highest BCUT2D eigenvalue weighted by Gasteiger charge is 2.66. The number of rotatable bonds is 3. The predicted octanol–water partition coefficient (Wildman–Crippen LogP) is 5.27. The van der Waals surface area contributed by atoms with Crippen LogP contribution in [0.1, 0.15) is 48.1 Å². The van der Waals surface area contributed by atoms with Crippen LogP contribution in [0.4, 0.5) is 0 Å². The Labute approximate surface area is 187 Å². The van der Waals surface area contributed by atoms with Crippen LogP contribution in [0.3, 0.4) is 0 Å². The van der Waals surface area contributed by atoms with E-state index in [1.807, 2.05) is 13.0 Å². The Bertz CT molecular complexity index is 1070. The number of esters is 1. The van der Waals surface area contributed by atoms with E-state index < -0.39 is 0 Å². The van der Waals surface area contributed by atoms with Gasteiger partial charge in [-0.25, -0.2) is 0 Å². The van der Waals surface area contributed by atoms with Gasteiger partial charge in [-0.1, -0.05) is 47.2 Å². The molecule has 0 amide bonds. The number of hydrogen-bond acceptors (Lipinski definition) is 3. The van der Waals surface area contributed by atoms with Crippen molar-refractivity contribution in [3.8, 4) is 11.8 Å². The maximum absolute atomic E-state index is 12.4. The monoisotopic (exact) mass is 439 g/mol. The second-order valence-corrected chi connectivity index (χ2v) is 9.34. The van der Waals surface area contributed by atoms with Gasteiger partial charge >= 0.3 is 5.97 Å². The van der Waals surface area contributed by atoms with Crippen molar-refractivity contribution >= 4 is 29.2 Å². The lowest BCUT2D eigenvalue weighted by Gasteiger charge is -2.27. The molecule has 0 bridgehead atoms. The number of benzene rings is 2. The van der Waals surface area contributed by atoms with E-state index in [1.54, 1.807) is 12.1 Å². The van der Waals surface area contributed by atoms with Crippen molar-refractivity contribution in [1.82, 2.24) is 4.90 Å². The highest BCUT2D eigenvalue weighted by atomic mass is 35.5. The summed E-state index contributed by atoms with van der Waals surface area (Å²) in [6.07, 6.45) is 3.12. The molecule has 2 fully saturated rings. The molecule has 0 N–H and O–H groups in total. The lowest BCUT2D eigenvalue weighted by atomic mass is 10.0. The first-order chi connectivity index (χ1) is 14.5. The summed E-state index contributed by atoms with van der Waals surface area (Å²) in [5.41, 5.74) is 4.12. The van der Waals surface area contributed by atoms with Crippen LogP contribution in [0, 0.1) is 23.2 Å². The fraction of sp³-hybridized carbons (Fsp3) is 0.400. The summed E-state index contributed by atoms with van der Waals surface area (Å²) in [4.78, 5) is 14.9. The first-order valence-corrected chi connectivity index (χ1v) is 11.3. The molecule has 154 valence electrons. The van der Waals surface area contributed by atoms with E-state index in [4.69, 9.17) is 27.9 Å². The van der Waals surface area contributed by atoms with Crippen molar-refractivity contribution in [3.05, 3.63) is 68.7 Å². The fourth-order valence-electron chi connectivity index (χ4n) is 5.15. The van der Waals surface area contributed by atoms with Gasteiger partial charge in [-0.05, 0) is 67.5 Å². The molecular weight excluding hydrogens is 417 g/mol. The molecule has 3 nitrogen and oxygen atoms in total. The van der Waals surface area contributed by atoms with Gasteiger partial charge in [0.05, 0.1) is 27.6 Å². The molecule has 0 radical (unpaired) electrons. The van der Waals surface area contributed by atoms with E-state index in [9.17, 15) is 4.79 Å². The third kappa shape index (κ3) is 3.32. The number of fused-ring (bicyclic) bond motifs is 2. The quantitative estimate of drug-likeness (QED) is 0.482. The first kappa shape index (κ1) is 19.9. The van der Waals surface area contributed by atoms with Crippen molar-refractivity contribution < 1.29 is 9.53 Å². The molecule has 2 aromatic rings. The van der Waals surface area contributed by atoms with Crippen LogP contribution in [0.15, 0.2) is 36.4 Å². The normalized spacial score (nSPS) is 26.5.